The van der Waals surface area contributed by atoms with Crippen molar-refractivity contribution in [2.24, 2.45) is 17.3 Å². The zero-order chi connectivity index (χ0) is 32.1. The van der Waals surface area contributed by atoms with Gasteiger partial charge in [-0.3, -0.25) is 18.9 Å². The zero-order valence-corrected chi connectivity index (χ0v) is 26.1. The number of piperidine rings is 1. The Hall–Kier alpha value is -3.23. The summed E-state index contributed by atoms with van der Waals surface area (Å²) in [5.41, 5.74) is -1.36. The maximum atomic E-state index is 13.2. The summed E-state index contributed by atoms with van der Waals surface area (Å²) in [4.78, 5) is 52.7. The van der Waals surface area contributed by atoms with Crippen LogP contribution in [0, 0.1) is 17.3 Å². The van der Waals surface area contributed by atoms with Crippen molar-refractivity contribution in [1.29, 1.82) is 0 Å². The fourth-order valence-electron chi connectivity index (χ4n) is 6.46. The number of carbonyl (C=O) groups is 4. The Labute approximate surface area is 258 Å². The van der Waals surface area contributed by atoms with Crippen molar-refractivity contribution in [3.63, 3.8) is 0 Å². The maximum absolute atomic E-state index is 13.2. The lowest BCUT2D eigenvalue weighted by atomic mass is 9.61. The predicted molar refractivity (Wildman–Crippen MR) is 159 cm³/mol. The van der Waals surface area contributed by atoms with Crippen LogP contribution < -0.4 is 16.0 Å². The highest BCUT2D eigenvalue weighted by Crippen LogP contribution is 2.50. The third kappa shape index (κ3) is 8.91. The molecule has 4 amide bonds. The first-order valence-corrected chi connectivity index (χ1v) is 16.8. The number of benzene rings is 1. The molecule has 5 N–H and O–H groups in total. The summed E-state index contributed by atoms with van der Waals surface area (Å²) in [6.07, 6.45) is 2.58. The van der Waals surface area contributed by atoms with Gasteiger partial charge in [-0.15, -0.1) is 0 Å². The molecule has 244 valence electrons. The highest BCUT2D eigenvalue weighted by atomic mass is 32.2. The van der Waals surface area contributed by atoms with Crippen LogP contribution in [0.3, 0.4) is 0 Å². The van der Waals surface area contributed by atoms with Crippen LogP contribution in [0.1, 0.15) is 64.4 Å². The molecule has 2 heterocycles. The van der Waals surface area contributed by atoms with Gasteiger partial charge in [-0.25, -0.2) is 4.79 Å². The van der Waals surface area contributed by atoms with Crippen LogP contribution in [-0.4, -0.2) is 90.0 Å². The first kappa shape index (κ1) is 33.7. The van der Waals surface area contributed by atoms with Gasteiger partial charge >= 0.3 is 6.09 Å². The summed E-state index contributed by atoms with van der Waals surface area (Å²) in [6.45, 7) is 5.36. The minimum Gasteiger partial charge on any atom is -0.446 e. The molecule has 0 radical (unpaired) electrons. The van der Waals surface area contributed by atoms with Gasteiger partial charge in [0.25, 0.3) is 10.1 Å². The van der Waals surface area contributed by atoms with Crippen molar-refractivity contribution in [1.82, 2.24) is 20.9 Å². The number of ether oxygens (including phenoxy) is 1. The molecule has 1 aromatic carbocycles. The fourth-order valence-corrected chi connectivity index (χ4v) is 7.05. The third-order valence-corrected chi connectivity index (χ3v) is 9.90. The number of hydrogen-bond acceptors (Lipinski definition) is 8. The van der Waals surface area contributed by atoms with E-state index in [1.807, 2.05) is 49.1 Å². The summed E-state index contributed by atoms with van der Waals surface area (Å²) < 4.78 is 38.4. The van der Waals surface area contributed by atoms with Crippen molar-refractivity contribution in [2.45, 2.75) is 88.8 Å². The molecule has 3 fully saturated rings. The Balaban J connectivity index is 1.27. The monoisotopic (exact) mass is 636 g/mol. The van der Waals surface area contributed by atoms with E-state index in [2.05, 4.69) is 16.0 Å². The highest BCUT2D eigenvalue weighted by Gasteiger charge is 2.48. The van der Waals surface area contributed by atoms with Crippen molar-refractivity contribution >= 4 is 33.9 Å². The topological polar surface area (TPSA) is 191 Å². The van der Waals surface area contributed by atoms with Gasteiger partial charge in [-0.2, -0.15) is 8.42 Å². The quantitative estimate of drug-likeness (QED) is 0.211. The van der Waals surface area contributed by atoms with Gasteiger partial charge < -0.3 is 30.7 Å². The third-order valence-electron chi connectivity index (χ3n) is 8.96. The summed E-state index contributed by atoms with van der Waals surface area (Å²) in [6, 6.07) is 7.05. The molecule has 1 unspecified atom stereocenters. The Morgan fingerprint density at radius 2 is 1.77 bits per heavy atom. The molecule has 4 rings (SSSR count). The predicted octanol–water partition coefficient (Wildman–Crippen LogP) is 1.36. The van der Waals surface area contributed by atoms with Gasteiger partial charge in [0.1, 0.15) is 12.1 Å². The van der Waals surface area contributed by atoms with Crippen molar-refractivity contribution in [2.75, 3.05) is 19.6 Å². The van der Waals surface area contributed by atoms with Gasteiger partial charge in [-0.1, -0.05) is 44.2 Å². The van der Waals surface area contributed by atoms with Crippen LogP contribution in [0.15, 0.2) is 30.3 Å². The Morgan fingerprint density at radius 1 is 1.11 bits per heavy atom. The highest BCUT2D eigenvalue weighted by molar-refractivity contribution is 7.86. The van der Waals surface area contributed by atoms with E-state index in [0.29, 0.717) is 45.3 Å². The average molecular weight is 637 g/mol. The lowest BCUT2D eigenvalue weighted by molar-refractivity contribution is -0.136. The molecular formula is C30H44N4O9S. The number of likely N-dealkylation sites (tertiary alicyclic amines) is 1. The van der Waals surface area contributed by atoms with Crippen LogP contribution in [0.2, 0.25) is 0 Å². The number of aliphatic hydroxyl groups excluding tert-OH is 1. The number of aliphatic hydroxyl groups is 1. The first-order valence-electron chi connectivity index (χ1n) is 15.3. The van der Waals surface area contributed by atoms with E-state index in [1.165, 1.54) is 0 Å². The minimum absolute atomic E-state index is 0.00879. The molecular weight excluding hydrogens is 592 g/mol. The van der Waals surface area contributed by atoms with E-state index < -0.39 is 45.6 Å². The normalized spacial score (nSPS) is 22.1. The zero-order valence-electron chi connectivity index (χ0n) is 25.2. The van der Waals surface area contributed by atoms with E-state index in [-0.39, 0.29) is 42.1 Å². The molecule has 2 aliphatic heterocycles. The first-order chi connectivity index (χ1) is 20.7. The van der Waals surface area contributed by atoms with E-state index in [0.717, 1.165) is 18.4 Å². The lowest BCUT2D eigenvalue weighted by Gasteiger charge is -2.51. The van der Waals surface area contributed by atoms with Gasteiger partial charge in [0.2, 0.25) is 23.2 Å². The number of hydrogen-bond donors (Lipinski definition) is 5. The van der Waals surface area contributed by atoms with Crippen LogP contribution in [0.4, 0.5) is 4.79 Å². The maximum Gasteiger partial charge on any atom is 0.408 e. The summed E-state index contributed by atoms with van der Waals surface area (Å²) in [7, 11) is -4.95. The van der Waals surface area contributed by atoms with Gasteiger partial charge in [0, 0.05) is 25.6 Å². The van der Waals surface area contributed by atoms with Crippen LogP contribution in [0.5, 0.6) is 0 Å². The second-order valence-corrected chi connectivity index (χ2v) is 14.4. The van der Waals surface area contributed by atoms with E-state index >= 15 is 0 Å². The van der Waals surface area contributed by atoms with Gasteiger partial charge in [0.05, 0.1) is 12.5 Å². The number of amides is 4. The SMILES string of the molecule is CC(C)C[C@H](NC(=O)OC1CC2(CCN(C(=O)Cc3ccccc3)CC2)C1)C(=O)N[C@@H](C[C@H]1CCNC1=O)C(O)S(=O)(=O)O. The molecule has 1 saturated carbocycles. The molecule has 1 aliphatic carbocycles. The van der Waals surface area contributed by atoms with Crippen LogP contribution in [-0.2, 0) is 35.7 Å². The minimum atomic E-state index is -4.95. The second-order valence-electron chi connectivity index (χ2n) is 12.8. The average Bonchev–Trinajstić information content (AvgIpc) is 3.35. The summed E-state index contributed by atoms with van der Waals surface area (Å²) in [5, 5.41) is 17.9. The molecule has 0 bridgehead atoms. The molecule has 44 heavy (non-hydrogen) atoms. The molecule has 4 atom stereocenters. The molecule has 2 saturated heterocycles. The number of alkyl carbamates (subject to hydrolysis) is 1. The van der Waals surface area contributed by atoms with Crippen molar-refractivity contribution in [3.8, 4) is 0 Å². The van der Waals surface area contributed by atoms with E-state index in [4.69, 9.17) is 4.74 Å². The number of rotatable bonds is 12. The molecule has 0 aromatic heterocycles. The number of nitrogens with one attached hydrogen (secondary N) is 3. The molecule has 3 aliphatic rings. The number of nitrogens with zero attached hydrogens (tertiary/aromatic N) is 1. The molecule has 1 spiro atoms. The Bertz CT molecular complexity index is 1290. The van der Waals surface area contributed by atoms with E-state index in [1.54, 1.807) is 0 Å². The molecule has 1 aromatic rings. The Morgan fingerprint density at radius 3 is 2.34 bits per heavy atom. The lowest BCUT2D eigenvalue weighted by Crippen LogP contribution is -2.56. The number of carbonyl (C=O) groups excluding carboxylic acids is 4. The summed E-state index contributed by atoms with van der Waals surface area (Å²) >= 11 is 0. The van der Waals surface area contributed by atoms with Crippen molar-refractivity contribution in [3.05, 3.63) is 35.9 Å². The fraction of sp³-hybridized carbons (Fsp3) is 0.667. The standard InChI is InChI=1S/C30H44N4O9S/c1-19(2)14-23(27(37)32-24(28(38)44(40,41)42)16-21-8-11-31-26(21)36)33-29(39)43-22-17-30(18-22)9-12-34(13-10-30)25(35)15-20-6-4-3-5-7-20/h3-7,19,21-24,28,38H,8-18H2,1-2H3,(H,31,36)(H,32,37)(H,33,39)(H,40,41,42)/t21-,23+,24+,28?/m1/s1. The van der Waals surface area contributed by atoms with Crippen LogP contribution >= 0.6 is 0 Å². The van der Waals surface area contributed by atoms with Crippen molar-refractivity contribution < 1.29 is 42.0 Å². The van der Waals surface area contributed by atoms with E-state index in [9.17, 15) is 37.3 Å². The largest absolute Gasteiger partial charge is 0.446 e. The van der Waals surface area contributed by atoms with Gasteiger partial charge in [-0.05, 0) is 61.8 Å². The summed E-state index contributed by atoms with van der Waals surface area (Å²) in [5.74, 6) is -1.70. The molecule has 13 nitrogen and oxygen atoms in total. The van der Waals surface area contributed by atoms with Crippen LogP contribution in [0.25, 0.3) is 0 Å². The second kappa shape index (κ2) is 14.2. The smallest absolute Gasteiger partial charge is 0.408 e. The Kier molecular flexibility index (Phi) is 10.9. The molecule has 14 heteroatoms. The van der Waals surface area contributed by atoms with Gasteiger partial charge in [0.15, 0.2) is 0 Å².